The fraction of sp³-hybridized carbons (Fsp3) is 0.333. The number of hydrogen-bond donors (Lipinski definition) is 3. The molecule has 0 heterocycles. The van der Waals surface area contributed by atoms with E-state index in [1.165, 1.54) is 19.2 Å². The Morgan fingerprint density at radius 3 is 2.67 bits per heavy atom. The topological polar surface area (TPSA) is 87.7 Å². The van der Waals surface area contributed by atoms with Crippen molar-refractivity contribution in [3.05, 3.63) is 23.8 Å². The molecule has 0 fully saturated rings. The van der Waals surface area contributed by atoms with E-state index in [1.54, 1.807) is 6.07 Å². The summed E-state index contributed by atoms with van der Waals surface area (Å²) in [4.78, 5) is 22.5. The van der Waals surface area contributed by atoms with Gasteiger partial charge in [-0.1, -0.05) is 6.92 Å². The molecule has 0 saturated heterocycles. The molecular formula is C12H16N2O4. The minimum Gasteiger partial charge on any atom is -0.497 e. The van der Waals surface area contributed by atoms with E-state index in [2.05, 4.69) is 10.6 Å². The third-order valence-electron chi connectivity index (χ3n) is 2.24. The molecule has 3 N–H and O–H groups in total. The van der Waals surface area contributed by atoms with Crippen molar-refractivity contribution in [2.45, 2.75) is 13.3 Å². The average Bonchev–Trinajstić information content (AvgIpc) is 2.36. The minimum absolute atomic E-state index is 0.0130. The Morgan fingerprint density at radius 2 is 2.11 bits per heavy atom. The summed E-state index contributed by atoms with van der Waals surface area (Å²) in [5.74, 6) is -0.702. The smallest absolute Gasteiger partial charge is 0.337 e. The molecule has 6 heteroatoms. The molecule has 0 aliphatic heterocycles. The van der Waals surface area contributed by atoms with E-state index in [0.29, 0.717) is 12.3 Å². The summed E-state index contributed by atoms with van der Waals surface area (Å²) in [5, 5.41) is 14.1. The molecule has 1 aromatic carbocycles. The molecule has 2 amide bonds. The van der Waals surface area contributed by atoms with Gasteiger partial charge in [-0.15, -0.1) is 0 Å². The molecule has 0 radical (unpaired) electrons. The fourth-order valence-corrected chi connectivity index (χ4v) is 1.34. The van der Waals surface area contributed by atoms with Crippen LogP contribution in [-0.2, 0) is 0 Å². The highest BCUT2D eigenvalue weighted by molar-refractivity contribution is 6.00. The van der Waals surface area contributed by atoms with Gasteiger partial charge in [0.05, 0.1) is 18.4 Å². The van der Waals surface area contributed by atoms with Crippen LogP contribution in [0.1, 0.15) is 23.7 Å². The number of rotatable bonds is 5. The Hall–Kier alpha value is -2.24. The van der Waals surface area contributed by atoms with E-state index in [-0.39, 0.29) is 11.3 Å². The molecule has 0 atom stereocenters. The lowest BCUT2D eigenvalue weighted by Gasteiger charge is -2.10. The van der Waals surface area contributed by atoms with E-state index in [1.807, 2.05) is 6.92 Å². The van der Waals surface area contributed by atoms with Crippen molar-refractivity contribution in [3.8, 4) is 5.75 Å². The van der Waals surface area contributed by atoms with E-state index in [9.17, 15) is 9.59 Å². The number of methoxy groups -OCH3 is 1. The van der Waals surface area contributed by atoms with Crippen molar-refractivity contribution in [2.75, 3.05) is 19.0 Å². The number of amides is 2. The molecule has 0 unspecified atom stereocenters. The average molecular weight is 252 g/mol. The number of carbonyl (C=O) groups excluding carboxylic acids is 1. The number of carboxylic acids is 1. The number of ether oxygens (including phenoxy) is 1. The summed E-state index contributed by atoms with van der Waals surface area (Å²) in [7, 11) is 1.45. The van der Waals surface area contributed by atoms with Gasteiger partial charge in [-0.05, 0) is 24.6 Å². The number of carbonyl (C=O) groups is 2. The first-order valence-electron chi connectivity index (χ1n) is 5.54. The number of anilines is 1. The number of nitrogens with one attached hydrogen (secondary N) is 2. The van der Waals surface area contributed by atoms with Crippen LogP contribution in [0.15, 0.2) is 18.2 Å². The van der Waals surface area contributed by atoms with Gasteiger partial charge in [0.25, 0.3) is 0 Å². The van der Waals surface area contributed by atoms with Crippen LogP contribution in [0.25, 0.3) is 0 Å². The van der Waals surface area contributed by atoms with Crippen LogP contribution in [0.5, 0.6) is 5.75 Å². The van der Waals surface area contributed by atoms with Gasteiger partial charge in [0.2, 0.25) is 0 Å². The number of aromatic carboxylic acids is 1. The second-order valence-corrected chi connectivity index (χ2v) is 3.60. The molecule has 1 rings (SSSR count). The number of urea groups is 1. The van der Waals surface area contributed by atoms with Crippen LogP contribution in [0.2, 0.25) is 0 Å². The molecule has 0 aliphatic carbocycles. The van der Waals surface area contributed by atoms with E-state index >= 15 is 0 Å². The predicted octanol–water partition coefficient (Wildman–Crippen LogP) is 1.92. The standard InChI is InChI=1S/C12H16N2O4/c1-3-6-13-12(17)14-10-5-4-8(18-2)7-9(10)11(15)16/h4-5,7H,3,6H2,1-2H3,(H,15,16)(H2,13,14,17). The second kappa shape index (κ2) is 6.48. The molecule has 0 saturated carbocycles. The highest BCUT2D eigenvalue weighted by Crippen LogP contribution is 2.21. The Kier molecular flexibility index (Phi) is 4.98. The summed E-state index contributed by atoms with van der Waals surface area (Å²) in [6.07, 6.45) is 0.807. The van der Waals surface area contributed by atoms with Crippen LogP contribution in [0, 0.1) is 0 Å². The van der Waals surface area contributed by atoms with Gasteiger partial charge < -0.3 is 20.5 Å². The molecule has 18 heavy (non-hydrogen) atoms. The van der Waals surface area contributed by atoms with E-state index < -0.39 is 12.0 Å². The van der Waals surface area contributed by atoms with Gasteiger partial charge in [-0.3, -0.25) is 0 Å². The zero-order valence-corrected chi connectivity index (χ0v) is 10.3. The molecule has 6 nitrogen and oxygen atoms in total. The lowest BCUT2D eigenvalue weighted by Crippen LogP contribution is -2.29. The number of benzene rings is 1. The quantitative estimate of drug-likeness (QED) is 0.747. The van der Waals surface area contributed by atoms with Crippen LogP contribution in [0.3, 0.4) is 0 Å². The second-order valence-electron chi connectivity index (χ2n) is 3.60. The van der Waals surface area contributed by atoms with Gasteiger partial charge in [-0.2, -0.15) is 0 Å². The highest BCUT2D eigenvalue weighted by atomic mass is 16.5. The number of hydrogen-bond acceptors (Lipinski definition) is 3. The maximum Gasteiger partial charge on any atom is 0.337 e. The zero-order valence-electron chi connectivity index (χ0n) is 10.3. The maximum absolute atomic E-state index is 11.5. The van der Waals surface area contributed by atoms with Crippen molar-refractivity contribution in [1.82, 2.24) is 5.32 Å². The van der Waals surface area contributed by atoms with Crippen molar-refractivity contribution in [1.29, 1.82) is 0 Å². The zero-order chi connectivity index (χ0) is 13.5. The van der Waals surface area contributed by atoms with E-state index in [0.717, 1.165) is 6.42 Å². The first kappa shape index (κ1) is 13.8. The highest BCUT2D eigenvalue weighted by Gasteiger charge is 2.13. The van der Waals surface area contributed by atoms with Crippen molar-refractivity contribution in [3.63, 3.8) is 0 Å². The molecule has 98 valence electrons. The summed E-state index contributed by atoms with van der Waals surface area (Å²) >= 11 is 0. The SMILES string of the molecule is CCCNC(=O)Nc1ccc(OC)cc1C(=O)O. The molecular weight excluding hydrogens is 236 g/mol. The van der Waals surface area contributed by atoms with Gasteiger partial charge >= 0.3 is 12.0 Å². The summed E-state index contributed by atoms with van der Waals surface area (Å²) < 4.78 is 4.94. The molecule has 0 aliphatic rings. The Balaban J connectivity index is 2.87. The summed E-state index contributed by atoms with van der Waals surface area (Å²) in [6.45, 7) is 2.46. The van der Waals surface area contributed by atoms with Crippen molar-refractivity contribution >= 4 is 17.7 Å². The third kappa shape index (κ3) is 3.65. The van der Waals surface area contributed by atoms with Crippen LogP contribution >= 0.6 is 0 Å². The maximum atomic E-state index is 11.5. The Bertz CT molecular complexity index is 446. The van der Waals surface area contributed by atoms with Gasteiger partial charge in [0, 0.05) is 6.54 Å². The third-order valence-corrected chi connectivity index (χ3v) is 2.24. The van der Waals surface area contributed by atoms with Gasteiger partial charge in [0.1, 0.15) is 5.75 Å². The Morgan fingerprint density at radius 1 is 1.39 bits per heavy atom. The van der Waals surface area contributed by atoms with E-state index in [4.69, 9.17) is 9.84 Å². The predicted molar refractivity (Wildman–Crippen MR) is 67.3 cm³/mol. The van der Waals surface area contributed by atoms with Crippen LogP contribution < -0.4 is 15.4 Å². The molecule has 0 spiro atoms. The minimum atomic E-state index is -1.13. The van der Waals surface area contributed by atoms with Crippen LogP contribution in [-0.4, -0.2) is 30.8 Å². The molecule has 0 aromatic heterocycles. The normalized spacial score (nSPS) is 9.67. The van der Waals surface area contributed by atoms with Crippen molar-refractivity contribution in [2.24, 2.45) is 0 Å². The monoisotopic (exact) mass is 252 g/mol. The van der Waals surface area contributed by atoms with Crippen LogP contribution in [0.4, 0.5) is 10.5 Å². The van der Waals surface area contributed by atoms with Crippen molar-refractivity contribution < 1.29 is 19.4 Å². The van der Waals surface area contributed by atoms with Gasteiger partial charge in [0.15, 0.2) is 0 Å². The summed E-state index contributed by atoms with van der Waals surface area (Å²) in [5.41, 5.74) is 0.220. The lowest BCUT2D eigenvalue weighted by molar-refractivity contribution is 0.0697. The molecule has 0 bridgehead atoms. The fourth-order valence-electron chi connectivity index (χ4n) is 1.34. The first-order chi connectivity index (χ1) is 8.58. The largest absolute Gasteiger partial charge is 0.497 e. The lowest BCUT2D eigenvalue weighted by atomic mass is 10.1. The molecule has 1 aromatic rings. The first-order valence-corrected chi connectivity index (χ1v) is 5.54. The van der Waals surface area contributed by atoms with Gasteiger partial charge in [-0.25, -0.2) is 9.59 Å². The summed E-state index contributed by atoms with van der Waals surface area (Å²) in [6, 6.07) is 4.01. The Labute approximate surface area is 105 Å². The number of carboxylic acid groups (broad SMARTS) is 1.